The molecule has 1 saturated heterocycles. The van der Waals surface area contributed by atoms with E-state index < -0.39 is 21.5 Å². The van der Waals surface area contributed by atoms with Gasteiger partial charge in [-0.05, 0) is 55.2 Å². The summed E-state index contributed by atoms with van der Waals surface area (Å²) in [5.41, 5.74) is -0.0808. The summed E-state index contributed by atoms with van der Waals surface area (Å²) >= 11 is 5.95. The summed E-state index contributed by atoms with van der Waals surface area (Å²) in [5, 5.41) is 0.602. The van der Waals surface area contributed by atoms with Gasteiger partial charge in [0.15, 0.2) is 5.60 Å². The van der Waals surface area contributed by atoms with E-state index in [4.69, 9.17) is 21.1 Å². The van der Waals surface area contributed by atoms with Crippen molar-refractivity contribution in [1.82, 2.24) is 9.71 Å². The highest BCUT2D eigenvalue weighted by molar-refractivity contribution is 7.90. The summed E-state index contributed by atoms with van der Waals surface area (Å²) in [7, 11) is -2.75. The van der Waals surface area contributed by atoms with Crippen molar-refractivity contribution in [3.63, 3.8) is 0 Å². The highest BCUT2D eigenvalue weighted by Gasteiger charge is 2.53. The van der Waals surface area contributed by atoms with Crippen molar-refractivity contribution in [3.05, 3.63) is 64.8 Å². The lowest BCUT2D eigenvalue weighted by Gasteiger charge is -2.30. The van der Waals surface area contributed by atoms with E-state index >= 15 is 0 Å². The van der Waals surface area contributed by atoms with Crippen molar-refractivity contribution in [2.24, 2.45) is 5.41 Å². The maximum atomic E-state index is 13.7. The van der Waals surface area contributed by atoms with Crippen molar-refractivity contribution in [3.8, 4) is 5.75 Å². The van der Waals surface area contributed by atoms with E-state index in [2.05, 4.69) is 9.71 Å². The Morgan fingerprint density at radius 2 is 1.94 bits per heavy atom. The molecule has 7 nitrogen and oxygen atoms in total. The molecule has 3 aromatic rings. The second-order valence-electron chi connectivity index (χ2n) is 9.05. The van der Waals surface area contributed by atoms with Gasteiger partial charge in [-0.25, -0.2) is 18.1 Å². The summed E-state index contributed by atoms with van der Waals surface area (Å²) in [6, 6.07) is 13.1. The molecule has 0 bridgehead atoms. The second-order valence-corrected chi connectivity index (χ2v) is 11.1. The number of rotatable bonds is 5. The van der Waals surface area contributed by atoms with Crippen LogP contribution in [0.25, 0.3) is 10.9 Å². The number of ether oxygens (including phenoxy) is 2. The topological polar surface area (TPSA) is 94.6 Å². The number of fused-ring (bicyclic) bond motifs is 1. The minimum Gasteiger partial charge on any atom is -0.496 e. The van der Waals surface area contributed by atoms with Gasteiger partial charge in [0, 0.05) is 10.9 Å². The van der Waals surface area contributed by atoms with E-state index in [1.54, 1.807) is 30.3 Å². The molecule has 1 aliphatic heterocycles. The summed E-state index contributed by atoms with van der Waals surface area (Å²) in [6.45, 7) is 6.12. The smallest absolute Gasteiger partial charge is 0.270 e. The zero-order chi connectivity index (χ0) is 24.0. The minimum absolute atomic E-state index is 0.0684. The van der Waals surface area contributed by atoms with Gasteiger partial charge < -0.3 is 9.47 Å². The first-order valence-electron chi connectivity index (χ1n) is 10.4. The molecule has 1 N–H and O–H groups in total. The van der Waals surface area contributed by atoms with Gasteiger partial charge >= 0.3 is 0 Å². The van der Waals surface area contributed by atoms with Crippen LogP contribution in [0.4, 0.5) is 0 Å². The fraction of sp³-hybridized carbons (Fsp3) is 0.333. The van der Waals surface area contributed by atoms with Gasteiger partial charge in [-0.3, -0.25) is 4.79 Å². The van der Waals surface area contributed by atoms with E-state index in [0.717, 1.165) is 5.56 Å². The molecule has 1 fully saturated rings. The fourth-order valence-electron chi connectivity index (χ4n) is 4.27. The molecule has 2 heterocycles. The molecule has 0 radical (unpaired) electrons. The van der Waals surface area contributed by atoms with Gasteiger partial charge in [-0.15, -0.1) is 0 Å². The van der Waals surface area contributed by atoms with Crippen molar-refractivity contribution < 1.29 is 22.7 Å². The minimum atomic E-state index is -4.25. The van der Waals surface area contributed by atoms with Gasteiger partial charge in [0.05, 0.1) is 24.1 Å². The number of carbonyl (C=O) groups is 1. The molecule has 2 aromatic carbocycles. The molecule has 33 heavy (non-hydrogen) atoms. The Balaban J connectivity index is 1.80. The van der Waals surface area contributed by atoms with E-state index in [9.17, 15) is 13.2 Å². The lowest BCUT2D eigenvalue weighted by atomic mass is 9.79. The highest BCUT2D eigenvalue weighted by Crippen LogP contribution is 2.48. The second kappa shape index (κ2) is 8.27. The van der Waals surface area contributed by atoms with Gasteiger partial charge in [0.1, 0.15) is 10.9 Å². The summed E-state index contributed by atoms with van der Waals surface area (Å²) in [4.78, 5) is 17.8. The van der Waals surface area contributed by atoms with Crippen molar-refractivity contribution >= 4 is 38.4 Å². The number of aryl methyl sites for hydroxylation is 1. The maximum Gasteiger partial charge on any atom is 0.270 e. The lowest BCUT2D eigenvalue weighted by molar-refractivity contribution is -0.140. The number of sulfonamides is 1. The van der Waals surface area contributed by atoms with E-state index in [1.807, 2.05) is 26.8 Å². The third-order valence-corrected chi connectivity index (χ3v) is 7.37. The molecule has 1 aromatic heterocycles. The Bertz CT molecular complexity index is 1360. The largest absolute Gasteiger partial charge is 0.496 e. The summed E-state index contributed by atoms with van der Waals surface area (Å²) in [5.74, 6) is -0.314. The first-order valence-corrected chi connectivity index (χ1v) is 12.3. The number of nitrogens with zero attached hydrogens (tertiary/aromatic N) is 1. The fourth-order valence-corrected chi connectivity index (χ4v) is 5.66. The standard InChI is InChI=1S/C24H25ClN2O5S/c1-15-8-10-19(31-4)17(12-15)24(13-23(2,3)14-32-24)22(28)27-33(29,30)20-7-5-6-18-16(20)9-11-21(25)26-18/h5-12H,13-14H2,1-4H3,(H,27,28)/t24-/m1/s1. The van der Waals surface area contributed by atoms with Crippen LogP contribution in [0.15, 0.2) is 53.4 Å². The quantitative estimate of drug-likeness (QED) is 0.536. The van der Waals surface area contributed by atoms with Crippen LogP contribution >= 0.6 is 11.6 Å². The first-order chi connectivity index (χ1) is 15.5. The van der Waals surface area contributed by atoms with Crippen molar-refractivity contribution in [2.75, 3.05) is 13.7 Å². The average Bonchev–Trinajstić information content (AvgIpc) is 3.09. The van der Waals surface area contributed by atoms with E-state index in [0.29, 0.717) is 22.2 Å². The number of halogens is 1. The predicted octanol–water partition coefficient (Wildman–Crippen LogP) is 4.35. The molecule has 0 spiro atoms. The van der Waals surface area contributed by atoms with Crippen LogP contribution in [0.2, 0.25) is 5.15 Å². The van der Waals surface area contributed by atoms with Crippen molar-refractivity contribution in [1.29, 1.82) is 0 Å². The third kappa shape index (κ3) is 4.30. The van der Waals surface area contributed by atoms with Gasteiger partial charge in [-0.1, -0.05) is 43.1 Å². The third-order valence-electron chi connectivity index (χ3n) is 5.77. The number of hydrogen-bond acceptors (Lipinski definition) is 6. The van der Waals surface area contributed by atoms with Crippen LogP contribution in [0.5, 0.6) is 5.75 Å². The van der Waals surface area contributed by atoms with Crippen LogP contribution in [0.3, 0.4) is 0 Å². The lowest BCUT2D eigenvalue weighted by Crippen LogP contribution is -2.47. The number of nitrogens with one attached hydrogen (secondary N) is 1. The summed E-state index contributed by atoms with van der Waals surface area (Å²) in [6.07, 6.45) is 0.286. The number of carbonyl (C=O) groups excluding carboxylic acids is 1. The van der Waals surface area contributed by atoms with Crippen LogP contribution < -0.4 is 9.46 Å². The molecule has 4 rings (SSSR count). The molecule has 0 saturated carbocycles. The van der Waals surface area contributed by atoms with Crippen LogP contribution in [0.1, 0.15) is 31.4 Å². The molecule has 174 valence electrons. The number of benzene rings is 2. The molecule has 1 aliphatic rings. The van der Waals surface area contributed by atoms with Crippen LogP contribution in [0, 0.1) is 12.3 Å². The molecule has 9 heteroatoms. The van der Waals surface area contributed by atoms with Crippen molar-refractivity contribution in [2.45, 2.75) is 37.7 Å². The molecule has 1 atom stereocenters. The number of methoxy groups -OCH3 is 1. The predicted molar refractivity (Wildman–Crippen MR) is 126 cm³/mol. The van der Waals surface area contributed by atoms with E-state index in [-0.39, 0.29) is 28.5 Å². The zero-order valence-corrected chi connectivity index (χ0v) is 20.4. The Labute approximate surface area is 198 Å². The number of pyridine rings is 1. The Morgan fingerprint density at radius 3 is 2.61 bits per heavy atom. The Morgan fingerprint density at radius 1 is 1.18 bits per heavy atom. The monoisotopic (exact) mass is 488 g/mol. The highest BCUT2D eigenvalue weighted by atomic mass is 35.5. The van der Waals surface area contributed by atoms with Gasteiger partial charge in [-0.2, -0.15) is 0 Å². The molecule has 0 aliphatic carbocycles. The number of aromatic nitrogens is 1. The number of hydrogen-bond donors (Lipinski definition) is 1. The average molecular weight is 489 g/mol. The van der Waals surface area contributed by atoms with Crippen LogP contribution in [-0.2, 0) is 25.2 Å². The normalized spacial score (nSPS) is 20.0. The van der Waals surface area contributed by atoms with Gasteiger partial charge in [0.2, 0.25) is 0 Å². The van der Waals surface area contributed by atoms with Gasteiger partial charge in [0.25, 0.3) is 15.9 Å². The molecular formula is C24H25ClN2O5S. The molecular weight excluding hydrogens is 464 g/mol. The first kappa shape index (κ1) is 23.5. The summed E-state index contributed by atoms with van der Waals surface area (Å²) < 4.78 is 40.6. The van der Waals surface area contributed by atoms with Crippen LogP contribution in [-0.4, -0.2) is 33.0 Å². The zero-order valence-electron chi connectivity index (χ0n) is 18.8. The SMILES string of the molecule is COc1ccc(C)cc1[C@@]1(C(=O)NS(=O)(=O)c2cccc3nc(Cl)ccc23)CC(C)(C)CO1. The Hall–Kier alpha value is -2.68. The van der Waals surface area contributed by atoms with E-state index in [1.165, 1.54) is 19.2 Å². The number of amides is 1. The maximum absolute atomic E-state index is 13.7. The molecule has 0 unspecified atom stereocenters. The Kier molecular flexibility index (Phi) is 5.88. The molecule has 1 amide bonds.